The van der Waals surface area contributed by atoms with Crippen LogP contribution in [0.5, 0.6) is 0 Å². The van der Waals surface area contributed by atoms with Crippen LogP contribution in [0.1, 0.15) is 27.2 Å². The molecule has 0 rings (SSSR count). The monoisotopic (exact) mass is 131 g/mol. The summed E-state index contributed by atoms with van der Waals surface area (Å²) in [4.78, 5) is 0. The van der Waals surface area contributed by atoms with E-state index in [4.69, 9.17) is 0 Å². The molecule has 2 N–H and O–H groups in total. The first-order valence-electron chi connectivity index (χ1n) is 3.48. The van der Waals surface area contributed by atoms with Gasteiger partial charge >= 0.3 is 0 Å². The average Bonchev–Trinajstić information content (AvgIpc) is 1.86. The highest BCUT2D eigenvalue weighted by atomic mass is 16.3. The molecular formula is C7H17NO. The predicted molar refractivity (Wildman–Crippen MR) is 39.1 cm³/mol. The molecular weight excluding hydrogens is 114 g/mol. The van der Waals surface area contributed by atoms with Crippen molar-refractivity contribution in [2.24, 2.45) is 5.92 Å². The molecule has 0 saturated heterocycles. The van der Waals surface area contributed by atoms with Crippen LogP contribution >= 0.6 is 0 Å². The van der Waals surface area contributed by atoms with E-state index >= 15 is 0 Å². The highest BCUT2D eigenvalue weighted by molar-refractivity contribution is 4.74. The first-order chi connectivity index (χ1) is 4.06. The van der Waals surface area contributed by atoms with Gasteiger partial charge in [-0.15, -0.1) is 0 Å². The largest absolute Gasteiger partial charge is 0.376 e. The zero-order valence-electron chi connectivity index (χ0n) is 6.73. The van der Waals surface area contributed by atoms with Gasteiger partial charge in [0.25, 0.3) is 0 Å². The van der Waals surface area contributed by atoms with Crippen molar-refractivity contribution in [2.45, 2.75) is 32.9 Å². The molecule has 0 aromatic heterocycles. The summed E-state index contributed by atoms with van der Waals surface area (Å²) in [7, 11) is 1.78. The minimum atomic E-state index is -0.667. The molecule has 0 heterocycles. The van der Waals surface area contributed by atoms with E-state index in [9.17, 15) is 5.11 Å². The van der Waals surface area contributed by atoms with Gasteiger partial charge in [-0.3, -0.25) is 5.32 Å². The molecule has 0 radical (unpaired) electrons. The Kier molecular flexibility index (Phi) is 3.15. The highest BCUT2D eigenvalue weighted by Crippen LogP contribution is 2.15. The molecule has 2 nitrogen and oxygen atoms in total. The normalized spacial score (nSPS) is 18.0. The van der Waals surface area contributed by atoms with E-state index in [0.29, 0.717) is 0 Å². The van der Waals surface area contributed by atoms with E-state index in [1.165, 1.54) is 0 Å². The van der Waals surface area contributed by atoms with Gasteiger partial charge in [0.1, 0.15) is 5.72 Å². The Hall–Kier alpha value is -0.0800. The number of nitrogens with one attached hydrogen (secondary N) is 1. The summed E-state index contributed by atoms with van der Waals surface area (Å²) in [5.41, 5.74) is -0.667. The standard InChI is InChI=1S/C7H17NO/c1-5-7(9,8-4)6(2)3/h6,8-9H,5H2,1-4H3. The quantitative estimate of drug-likeness (QED) is 0.559. The Morgan fingerprint density at radius 3 is 2.00 bits per heavy atom. The Morgan fingerprint density at radius 2 is 2.00 bits per heavy atom. The lowest BCUT2D eigenvalue weighted by atomic mass is 9.97. The van der Waals surface area contributed by atoms with Gasteiger partial charge in [-0.1, -0.05) is 20.8 Å². The van der Waals surface area contributed by atoms with Crippen LogP contribution in [0, 0.1) is 5.92 Å². The van der Waals surface area contributed by atoms with Gasteiger partial charge in [0.2, 0.25) is 0 Å². The van der Waals surface area contributed by atoms with Gasteiger partial charge in [0.05, 0.1) is 0 Å². The van der Waals surface area contributed by atoms with Crippen LogP contribution in [0.25, 0.3) is 0 Å². The lowest BCUT2D eigenvalue weighted by molar-refractivity contribution is -0.0341. The third kappa shape index (κ3) is 1.95. The smallest absolute Gasteiger partial charge is 0.117 e. The van der Waals surface area contributed by atoms with E-state index in [0.717, 1.165) is 6.42 Å². The second kappa shape index (κ2) is 3.18. The number of hydrogen-bond donors (Lipinski definition) is 2. The van der Waals surface area contributed by atoms with Crippen LogP contribution < -0.4 is 5.32 Å². The van der Waals surface area contributed by atoms with Crippen molar-refractivity contribution in [3.05, 3.63) is 0 Å². The molecule has 1 unspecified atom stereocenters. The summed E-state index contributed by atoms with van der Waals surface area (Å²) in [6.45, 7) is 5.97. The average molecular weight is 131 g/mol. The van der Waals surface area contributed by atoms with E-state index in [-0.39, 0.29) is 5.92 Å². The third-order valence-corrected chi connectivity index (χ3v) is 1.93. The zero-order chi connectivity index (χ0) is 7.49. The minimum Gasteiger partial charge on any atom is -0.376 e. The Labute approximate surface area is 57.3 Å². The van der Waals surface area contributed by atoms with Gasteiger partial charge in [0.15, 0.2) is 0 Å². The van der Waals surface area contributed by atoms with Crippen molar-refractivity contribution in [1.82, 2.24) is 5.32 Å². The predicted octanol–water partition coefficient (Wildman–Crippen LogP) is 0.960. The second-order valence-corrected chi connectivity index (χ2v) is 2.68. The van der Waals surface area contributed by atoms with Crippen LogP contribution in [0.4, 0.5) is 0 Å². The fourth-order valence-electron chi connectivity index (χ4n) is 0.874. The van der Waals surface area contributed by atoms with Crippen molar-refractivity contribution in [3.8, 4) is 0 Å². The summed E-state index contributed by atoms with van der Waals surface area (Å²) in [5.74, 6) is 0.271. The molecule has 56 valence electrons. The lowest BCUT2D eigenvalue weighted by Crippen LogP contribution is -2.46. The topological polar surface area (TPSA) is 32.3 Å². The highest BCUT2D eigenvalue weighted by Gasteiger charge is 2.25. The molecule has 0 saturated carbocycles. The van der Waals surface area contributed by atoms with Gasteiger partial charge < -0.3 is 5.11 Å². The van der Waals surface area contributed by atoms with Crippen molar-refractivity contribution in [1.29, 1.82) is 0 Å². The second-order valence-electron chi connectivity index (χ2n) is 2.68. The van der Waals surface area contributed by atoms with E-state index in [1.807, 2.05) is 20.8 Å². The van der Waals surface area contributed by atoms with E-state index in [2.05, 4.69) is 5.32 Å². The molecule has 0 aliphatic heterocycles. The van der Waals surface area contributed by atoms with Gasteiger partial charge in [0, 0.05) is 0 Å². The molecule has 1 atom stereocenters. The summed E-state index contributed by atoms with van der Waals surface area (Å²) in [6.07, 6.45) is 0.751. The van der Waals surface area contributed by atoms with Crippen LogP contribution in [0.15, 0.2) is 0 Å². The molecule has 0 aliphatic rings. The van der Waals surface area contributed by atoms with Gasteiger partial charge in [-0.05, 0) is 19.4 Å². The molecule has 0 fully saturated rings. The Bertz CT molecular complexity index is 77.0. The molecule has 0 aromatic carbocycles. The molecule has 9 heavy (non-hydrogen) atoms. The maximum Gasteiger partial charge on any atom is 0.117 e. The molecule has 0 spiro atoms. The number of aliphatic hydroxyl groups is 1. The van der Waals surface area contributed by atoms with E-state index in [1.54, 1.807) is 7.05 Å². The van der Waals surface area contributed by atoms with Crippen molar-refractivity contribution in [2.75, 3.05) is 7.05 Å². The van der Waals surface area contributed by atoms with Crippen LogP contribution in [-0.2, 0) is 0 Å². The summed E-state index contributed by atoms with van der Waals surface area (Å²) in [5, 5.41) is 12.5. The molecule has 0 aliphatic carbocycles. The van der Waals surface area contributed by atoms with Crippen molar-refractivity contribution >= 4 is 0 Å². The summed E-state index contributed by atoms with van der Waals surface area (Å²) >= 11 is 0. The fourth-order valence-corrected chi connectivity index (χ4v) is 0.874. The molecule has 0 aromatic rings. The van der Waals surface area contributed by atoms with Crippen LogP contribution in [0.3, 0.4) is 0 Å². The van der Waals surface area contributed by atoms with Gasteiger partial charge in [-0.2, -0.15) is 0 Å². The SMILES string of the molecule is CCC(O)(NC)C(C)C. The summed E-state index contributed by atoms with van der Waals surface area (Å²) in [6, 6.07) is 0. The maximum atomic E-state index is 9.59. The number of hydrogen-bond acceptors (Lipinski definition) is 2. The van der Waals surface area contributed by atoms with Gasteiger partial charge in [-0.25, -0.2) is 0 Å². The maximum absolute atomic E-state index is 9.59. The van der Waals surface area contributed by atoms with Crippen molar-refractivity contribution in [3.63, 3.8) is 0 Å². The van der Waals surface area contributed by atoms with Crippen molar-refractivity contribution < 1.29 is 5.11 Å². The summed E-state index contributed by atoms with van der Waals surface area (Å²) < 4.78 is 0. The molecule has 0 amide bonds. The first-order valence-corrected chi connectivity index (χ1v) is 3.48. The fraction of sp³-hybridized carbons (Fsp3) is 1.00. The van der Waals surface area contributed by atoms with E-state index < -0.39 is 5.72 Å². The molecule has 0 bridgehead atoms. The third-order valence-electron chi connectivity index (χ3n) is 1.93. The van der Waals surface area contributed by atoms with Crippen LogP contribution in [0.2, 0.25) is 0 Å². The Balaban J connectivity index is 3.92. The zero-order valence-corrected chi connectivity index (χ0v) is 6.73. The number of rotatable bonds is 3. The molecule has 2 heteroatoms. The Morgan fingerprint density at radius 1 is 1.56 bits per heavy atom. The first kappa shape index (κ1) is 8.92. The lowest BCUT2D eigenvalue weighted by Gasteiger charge is -2.30. The minimum absolute atomic E-state index is 0.271. The van der Waals surface area contributed by atoms with Crippen LogP contribution in [-0.4, -0.2) is 17.9 Å².